The number of hydrogen-bond acceptors (Lipinski definition) is 4. The van der Waals surface area contributed by atoms with Crippen molar-refractivity contribution in [2.45, 2.75) is 6.92 Å². The van der Waals surface area contributed by atoms with E-state index in [-0.39, 0.29) is 6.61 Å². The fourth-order valence-electron chi connectivity index (χ4n) is 2.32. The number of carbonyl (C=O) groups excluding carboxylic acids is 1. The van der Waals surface area contributed by atoms with Crippen LogP contribution in [0.15, 0.2) is 53.6 Å². The van der Waals surface area contributed by atoms with Gasteiger partial charge in [-0.1, -0.05) is 46.9 Å². The molecular formula is C19H15Cl3N4O2. The van der Waals surface area contributed by atoms with Gasteiger partial charge in [0.1, 0.15) is 10.9 Å². The Kier molecular flexibility index (Phi) is 6.57. The molecule has 1 N–H and O–H groups in total. The molecule has 3 aromatic rings. The first-order chi connectivity index (χ1) is 13.5. The third kappa shape index (κ3) is 4.84. The Morgan fingerprint density at radius 3 is 2.61 bits per heavy atom. The fourth-order valence-corrected chi connectivity index (χ4v) is 2.98. The van der Waals surface area contributed by atoms with Gasteiger partial charge in [0, 0.05) is 5.02 Å². The highest BCUT2D eigenvalue weighted by Gasteiger charge is 2.15. The second-order valence-corrected chi connectivity index (χ2v) is 6.89. The summed E-state index contributed by atoms with van der Waals surface area (Å²) in [6, 6.07) is 13.9. The van der Waals surface area contributed by atoms with Crippen molar-refractivity contribution in [2.24, 2.45) is 5.10 Å². The minimum atomic E-state index is -0.418. The topological polar surface area (TPSA) is 68.5 Å². The van der Waals surface area contributed by atoms with E-state index in [9.17, 15) is 4.79 Å². The molecule has 0 atom stereocenters. The Labute approximate surface area is 176 Å². The first-order valence-corrected chi connectivity index (χ1v) is 9.29. The normalized spacial score (nSPS) is 11.0. The molecule has 2 aromatic carbocycles. The second-order valence-electron chi connectivity index (χ2n) is 5.69. The highest BCUT2D eigenvalue weighted by molar-refractivity contribution is 6.34. The number of hydrazone groups is 1. The summed E-state index contributed by atoms with van der Waals surface area (Å²) in [6.45, 7) is 1.59. The zero-order chi connectivity index (χ0) is 20.1. The van der Waals surface area contributed by atoms with E-state index in [4.69, 9.17) is 39.5 Å². The van der Waals surface area contributed by atoms with Crippen molar-refractivity contribution in [1.82, 2.24) is 15.2 Å². The Balaban J connectivity index is 1.63. The third-order valence-electron chi connectivity index (χ3n) is 3.70. The summed E-state index contributed by atoms with van der Waals surface area (Å²) in [4.78, 5) is 11.9. The standard InChI is InChI=1S/C19H15Cl3N4O2/c1-12-15(19(22)26(25-12)17-5-3-2-4-16(17)21)10-23-24-18(27)11-28-14-8-6-13(20)7-9-14/h2-10H,11H2,1H3,(H,24,27)/b23-10+. The van der Waals surface area contributed by atoms with E-state index in [2.05, 4.69) is 15.6 Å². The van der Waals surface area contributed by atoms with Crippen LogP contribution < -0.4 is 10.2 Å². The van der Waals surface area contributed by atoms with Crippen LogP contribution in [0.2, 0.25) is 15.2 Å². The minimum Gasteiger partial charge on any atom is -0.484 e. The Morgan fingerprint density at radius 1 is 1.18 bits per heavy atom. The molecule has 0 unspecified atom stereocenters. The average Bonchev–Trinajstić information content (AvgIpc) is 2.96. The lowest BCUT2D eigenvalue weighted by molar-refractivity contribution is -0.123. The molecule has 0 radical (unpaired) electrons. The third-order valence-corrected chi connectivity index (χ3v) is 4.63. The van der Waals surface area contributed by atoms with E-state index in [0.717, 1.165) is 0 Å². The van der Waals surface area contributed by atoms with E-state index < -0.39 is 5.91 Å². The molecule has 0 aliphatic heterocycles. The molecule has 6 nitrogen and oxygen atoms in total. The van der Waals surface area contributed by atoms with Crippen molar-refractivity contribution in [1.29, 1.82) is 0 Å². The molecule has 0 saturated heterocycles. The number of aryl methyl sites for hydroxylation is 1. The molecular weight excluding hydrogens is 423 g/mol. The van der Waals surface area contributed by atoms with Crippen molar-refractivity contribution >= 4 is 46.9 Å². The van der Waals surface area contributed by atoms with Crippen LogP contribution in [-0.4, -0.2) is 28.5 Å². The van der Waals surface area contributed by atoms with Gasteiger partial charge in [-0.25, -0.2) is 10.1 Å². The zero-order valence-corrected chi connectivity index (χ0v) is 17.0. The van der Waals surface area contributed by atoms with Gasteiger partial charge in [0.2, 0.25) is 0 Å². The number of nitrogens with one attached hydrogen (secondary N) is 1. The molecule has 0 spiro atoms. The predicted molar refractivity (Wildman–Crippen MR) is 111 cm³/mol. The van der Waals surface area contributed by atoms with Gasteiger partial charge >= 0.3 is 0 Å². The van der Waals surface area contributed by atoms with Crippen LogP contribution in [0.4, 0.5) is 0 Å². The smallest absolute Gasteiger partial charge is 0.277 e. The van der Waals surface area contributed by atoms with Crippen LogP contribution in [0.5, 0.6) is 5.75 Å². The monoisotopic (exact) mass is 436 g/mol. The van der Waals surface area contributed by atoms with Gasteiger partial charge in [-0.3, -0.25) is 4.79 Å². The first-order valence-electron chi connectivity index (χ1n) is 8.16. The SMILES string of the molecule is Cc1nn(-c2ccccc2Cl)c(Cl)c1/C=N/NC(=O)COc1ccc(Cl)cc1. The summed E-state index contributed by atoms with van der Waals surface area (Å²) in [5, 5.41) is 9.75. The highest BCUT2D eigenvalue weighted by Crippen LogP contribution is 2.26. The van der Waals surface area contributed by atoms with Crippen LogP contribution >= 0.6 is 34.8 Å². The summed E-state index contributed by atoms with van der Waals surface area (Å²) in [6.07, 6.45) is 1.43. The molecule has 0 fully saturated rings. The van der Waals surface area contributed by atoms with Crippen LogP contribution in [-0.2, 0) is 4.79 Å². The van der Waals surface area contributed by atoms with Gasteiger partial charge in [-0.05, 0) is 43.3 Å². The van der Waals surface area contributed by atoms with E-state index in [1.807, 2.05) is 12.1 Å². The summed E-state index contributed by atoms with van der Waals surface area (Å²) in [5.41, 5.74) is 4.24. The number of nitrogens with zero attached hydrogens (tertiary/aromatic N) is 3. The van der Waals surface area contributed by atoms with Crippen LogP contribution in [0.25, 0.3) is 5.69 Å². The summed E-state index contributed by atoms with van der Waals surface area (Å²) in [7, 11) is 0. The number of rotatable bonds is 6. The number of carbonyl (C=O) groups is 1. The van der Waals surface area contributed by atoms with E-state index in [0.29, 0.717) is 37.9 Å². The molecule has 0 aliphatic carbocycles. The van der Waals surface area contributed by atoms with Gasteiger partial charge < -0.3 is 4.74 Å². The molecule has 0 bridgehead atoms. The fraction of sp³-hybridized carbons (Fsp3) is 0.105. The van der Waals surface area contributed by atoms with Crippen molar-refractivity contribution in [3.63, 3.8) is 0 Å². The molecule has 1 amide bonds. The van der Waals surface area contributed by atoms with Crippen molar-refractivity contribution in [3.05, 3.63) is 75.0 Å². The van der Waals surface area contributed by atoms with E-state index in [1.54, 1.807) is 43.3 Å². The van der Waals surface area contributed by atoms with Crippen molar-refractivity contribution < 1.29 is 9.53 Å². The number of benzene rings is 2. The average molecular weight is 438 g/mol. The number of para-hydroxylation sites is 1. The number of halogens is 3. The maximum absolute atomic E-state index is 11.9. The predicted octanol–water partition coefficient (Wildman–Crippen LogP) is 4.67. The van der Waals surface area contributed by atoms with Crippen LogP contribution in [0.1, 0.15) is 11.3 Å². The maximum Gasteiger partial charge on any atom is 0.277 e. The number of hydrogen-bond donors (Lipinski definition) is 1. The highest BCUT2D eigenvalue weighted by atomic mass is 35.5. The second kappa shape index (κ2) is 9.10. The van der Waals surface area contributed by atoms with Crippen LogP contribution in [0, 0.1) is 6.92 Å². The Bertz CT molecular complexity index is 1020. The molecule has 0 saturated carbocycles. The zero-order valence-electron chi connectivity index (χ0n) is 14.7. The molecule has 9 heteroatoms. The largest absolute Gasteiger partial charge is 0.484 e. The Morgan fingerprint density at radius 2 is 1.89 bits per heavy atom. The van der Waals surface area contributed by atoms with Crippen molar-refractivity contribution in [2.75, 3.05) is 6.61 Å². The number of ether oxygens (including phenoxy) is 1. The van der Waals surface area contributed by atoms with Gasteiger partial charge in [-0.15, -0.1) is 0 Å². The van der Waals surface area contributed by atoms with Gasteiger partial charge in [0.05, 0.1) is 28.2 Å². The lowest BCUT2D eigenvalue weighted by Gasteiger charge is -2.05. The summed E-state index contributed by atoms with van der Waals surface area (Å²) < 4.78 is 6.87. The first kappa shape index (κ1) is 20.2. The molecule has 0 aliphatic rings. The van der Waals surface area contributed by atoms with Gasteiger partial charge in [-0.2, -0.15) is 10.2 Å². The minimum absolute atomic E-state index is 0.190. The number of amides is 1. The van der Waals surface area contributed by atoms with Crippen molar-refractivity contribution in [3.8, 4) is 11.4 Å². The van der Waals surface area contributed by atoms with Gasteiger partial charge in [0.15, 0.2) is 6.61 Å². The van der Waals surface area contributed by atoms with E-state index >= 15 is 0 Å². The van der Waals surface area contributed by atoms with Crippen LogP contribution in [0.3, 0.4) is 0 Å². The lowest BCUT2D eigenvalue weighted by Crippen LogP contribution is -2.24. The Hall–Kier alpha value is -2.54. The molecule has 28 heavy (non-hydrogen) atoms. The summed E-state index contributed by atoms with van der Waals surface area (Å²) >= 11 is 18.4. The molecule has 144 valence electrons. The molecule has 1 aromatic heterocycles. The maximum atomic E-state index is 11.9. The van der Waals surface area contributed by atoms with E-state index in [1.165, 1.54) is 10.9 Å². The van der Waals surface area contributed by atoms with Gasteiger partial charge in [0.25, 0.3) is 5.91 Å². The summed E-state index contributed by atoms with van der Waals surface area (Å²) in [5.74, 6) is 0.113. The molecule has 1 heterocycles. The number of aromatic nitrogens is 2. The molecule has 3 rings (SSSR count). The lowest BCUT2D eigenvalue weighted by atomic mass is 10.3. The quantitative estimate of drug-likeness (QED) is 0.450.